The first kappa shape index (κ1) is 7.14. The molecule has 0 saturated heterocycles. The number of nitrogens with one attached hydrogen (secondary N) is 1. The molecule has 1 aliphatic rings. The van der Waals surface area contributed by atoms with Crippen molar-refractivity contribution >= 4 is 22.9 Å². The van der Waals surface area contributed by atoms with Gasteiger partial charge in [-0.1, -0.05) is 0 Å². The number of nitrogens with zero attached hydrogens (tertiary/aromatic N) is 1. The third-order valence-electron chi connectivity index (χ3n) is 1.15. The van der Waals surface area contributed by atoms with Gasteiger partial charge in [-0.2, -0.15) is 0 Å². The zero-order valence-corrected chi connectivity index (χ0v) is 7.55. The molecule has 1 N–H and O–H groups in total. The Labute approximate surface area is 68.5 Å². The maximum atomic E-state index is 5.29. The average Bonchev–Trinajstić information content (AvgIpc) is 2.10. The van der Waals surface area contributed by atoms with Crippen molar-refractivity contribution < 1.29 is 4.74 Å². The van der Waals surface area contributed by atoms with Gasteiger partial charge in [-0.05, 0) is 6.92 Å². The first-order chi connectivity index (χ1) is 4.24. The van der Waals surface area contributed by atoms with Crippen molar-refractivity contribution in [2.45, 2.75) is 13.3 Å². The summed E-state index contributed by atoms with van der Waals surface area (Å²) < 4.78 is 8.26. The predicted octanol–water partition coefficient (Wildman–Crippen LogP) is 1.03. The molecular formula is C5H9IN2O. The van der Waals surface area contributed by atoms with Crippen LogP contribution < -0.4 is 3.53 Å². The van der Waals surface area contributed by atoms with Gasteiger partial charge < -0.3 is 9.64 Å². The maximum Gasteiger partial charge on any atom is 0.237 e. The summed E-state index contributed by atoms with van der Waals surface area (Å²) in [5.74, 6) is 0.951. The highest BCUT2D eigenvalue weighted by Gasteiger charge is 2.17. The van der Waals surface area contributed by atoms with Gasteiger partial charge in [0.2, 0.25) is 6.35 Å². The number of ether oxygens (including phenoxy) is 1. The van der Waals surface area contributed by atoms with E-state index in [0.29, 0.717) is 0 Å². The van der Waals surface area contributed by atoms with Crippen LogP contribution in [-0.4, -0.2) is 18.3 Å². The Morgan fingerprint density at radius 3 is 2.78 bits per heavy atom. The van der Waals surface area contributed by atoms with Crippen molar-refractivity contribution in [2.75, 3.05) is 7.05 Å². The maximum absolute atomic E-state index is 5.29. The van der Waals surface area contributed by atoms with Crippen molar-refractivity contribution in [1.29, 1.82) is 0 Å². The SMILES string of the molecule is CC1=CN(C)C(NI)O1. The lowest BCUT2D eigenvalue weighted by molar-refractivity contribution is 0.0557. The van der Waals surface area contributed by atoms with Gasteiger partial charge in [0, 0.05) is 36.1 Å². The molecule has 0 fully saturated rings. The highest BCUT2D eigenvalue weighted by atomic mass is 127. The second-order valence-corrected chi connectivity index (χ2v) is 2.61. The van der Waals surface area contributed by atoms with E-state index in [1.54, 1.807) is 0 Å². The normalized spacial score (nSPS) is 25.9. The third kappa shape index (κ3) is 1.48. The van der Waals surface area contributed by atoms with Gasteiger partial charge in [0.1, 0.15) is 5.76 Å². The second-order valence-electron chi connectivity index (χ2n) is 1.98. The van der Waals surface area contributed by atoms with E-state index in [1.165, 1.54) is 0 Å². The summed E-state index contributed by atoms with van der Waals surface area (Å²) in [7, 11) is 1.97. The van der Waals surface area contributed by atoms with Gasteiger partial charge in [-0.3, -0.25) is 0 Å². The molecule has 9 heavy (non-hydrogen) atoms. The summed E-state index contributed by atoms with van der Waals surface area (Å²) in [6.07, 6.45) is 1.97. The van der Waals surface area contributed by atoms with E-state index in [0.717, 1.165) is 5.76 Å². The molecule has 0 aromatic rings. The fraction of sp³-hybridized carbons (Fsp3) is 0.600. The lowest BCUT2D eigenvalue weighted by atomic mass is 10.6. The quantitative estimate of drug-likeness (QED) is 0.547. The van der Waals surface area contributed by atoms with E-state index in [2.05, 4.69) is 26.4 Å². The summed E-state index contributed by atoms with van der Waals surface area (Å²) in [4.78, 5) is 1.97. The van der Waals surface area contributed by atoms with Crippen LogP contribution in [0.4, 0.5) is 0 Å². The van der Waals surface area contributed by atoms with Gasteiger partial charge in [-0.25, -0.2) is 3.53 Å². The Hall–Kier alpha value is 0.0300. The van der Waals surface area contributed by atoms with Gasteiger partial charge in [-0.15, -0.1) is 0 Å². The van der Waals surface area contributed by atoms with Crippen LogP contribution >= 0.6 is 22.9 Å². The van der Waals surface area contributed by atoms with Crippen LogP contribution in [-0.2, 0) is 4.74 Å². The Bertz CT molecular complexity index is 137. The van der Waals surface area contributed by atoms with E-state index in [9.17, 15) is 0 Å². The minimum absolute atomic E-state index is 0.0191. The Morgan fingerprint density at radius 1 is 1.89 bits per heavy atom. The van der Waals surface area contributed by atoms with Crippen molar-refractivity contribution in [3.63, 3.8) is 0 Å². The summed E-state index contributed by atoms with van der Waals surface area (Å²) in [5.41, 5.74) is 0. The molecule has 0 radical (unpaired) electrons. The number of hydrogen-bond donors (Lipinski definition) is 1. The molecule has 0 saturated carbocycles. The van der Waals surface area contributed by atoms with Crippen molar-refractivity contribution in [3.05, 3.63) is 12.0 Å². The largest absolute Gasteiger partial charge is 0.460 e. The van der Waals surface area contributed by atoms with E-state index in [-0.39, 0.29) is 6.35 Å². The van der Waals surface area contributed by atoms with E-state index in [4.69, 9.17) is 4.74 Å². The topological polar surface area (TPSA) is 24.5 Å². The molecule has 1 aliphatic heterocycles. The van der Waals surface area contributed by atoms with Crippen LogP contribution in [0.5, 0.6) is 0 Å². The van der Waals surface area contributed by atoms with Gasteiger partial charge >= 0.3 is 0 Å². The zero-order chi connectivity index (χ0) is 6.85. The monoisotopic (exact) mass is 240 g/mol. The fourth-order valence-corrected chi connectivity index (χ4v) is 1.31. The lowest BCUT2D eigenvalue weighted by Gasteiger charge is -2.16. The number of hydrogen-bond acceptors (Lipinski definition) is 3. The molecule has 3 nitrogen and oxygen atoms in total. The Morgan fingerprint density at radius 2 is 2.56 bits per heavy atom. The molecule has 4 heteroatoms. The first-order valence-corrected chi connectivity index (χ1v) is 3.75. The van der Waals surface area contributed by atoms with Crippen LogP contribution in [0.15, 0.2) is 12.0 Å². The fourth-order valence-electron chi connectivity index (χ4n) is 0.743. The molecule has 1 unspecified atom stereocenters. The summed E-state index contributed by atoms with van der Waals surface area (Å²) in [6.45, 7) is 1.94. The van der Waals surface area contributed by atoms with E-state index in [1.807, 2.05) is 25.1 Å². The van der Waals surface area contributed by atoms with Gasteiger partial charge in [0.15, 0.2) is 0 Å². The third-order valence-corrected chi connectivity index (χ3v) is 1.68. The van der Waals surface area contributed by atoms with Crippen LogP contribution in [0.3, 0.4) is 0 Å². The van der Waals surface area contributed by atoms with Crippen molar-refractivity contribution in [2.24, 2.45) is 0 Å². The van der Waals surface area contributed by atoms with Crippen LogP contribution in [0, 0.1) is 0 Å². The molecule has 0 aromatic heterocycles. The number of halogens is 1. The lowest BCUT2D eigenvalue weighted by Crippen LogP contribution is -2.32. The van der Waals surface area contributed by atoms with Crippen molar-refractivity contribution in [1.82, 2.24) is 8.43 Å². The Kier molecular flexibility index (Phi) is 2.18. The molecule has 0 aliphatic carbocycles. The minimum atomic E-state index is 0.0191. The predicted molar refractivity (Wildman–Crippen MR) is 43.5 cm³/mol. The number of allylic oxidation sites excluding steroid dienone is 1. The molecule has 0 bridgehead atoms. The summed E-state index contributed by atoms with van der Waals surface area (Å²) in [6, 6.07) is 0. The molecule has 1 heterocycles. The van der Waals surface area contributed by atoms with E-state index < -0.39 is 0 Å². The van der Waals surface area contributed by atoms with Gasteiger partial charge in [0.05, 0.1) is 0 Å². The second kappa shape index (κ2) is 2.74. The highest BCUT2D eigenvalue weighted by molar-refractivity contribution is 14.1. The molecule has 0 aromatic carbocycles. The molecular weight excluding hydrogens is 231 g/mol. The summed E-state index contributed by atoms with van der Waals surface area (Å²) >= 11 is 2.06. The molecule has 1 rings (SSSR count). The molecule has 1 atom stereocenters. The molecule has 52 valence electrons. The zero-order valence-electron chi connectivity index (χ0n) is 5.39. The van der Waals surface area contributed by atoms with Crippen LogP contribution in [0.2, 0.25) is 0 Å². The standard InChI is InChI=1S/C5H9IN2O/c1-4-3-8(2)5(7-6)9-4/h3,5,7H,1-2H3. The number of rotatable bonds is 1. The van der Waals surface area contributed by atoms with E-state index >= 15 is 0 Å². The molecule has 0 amide bonds. The van der Waals surface area contributed by atoms with Gasteiger partial charge in [0.25, 0.3) is 0 Å². The van der Waals surface area contributed by atoms with Crippen molar-refractivity contribution in [3.8, 4) is 0 Å². The first-order valence-electron chi connectivity index (χ1n) is 2.67. The smallest absolute Gasteiger partial charge is 0.237 e. The highest BCUT2D eigenvalue weighted by Crippen LogP contribution is 2.13. The Balaban J connectivity index is 2.49. The minimum Gasteiger partial charge on any atom is -0.460 e. The summed E-state index contributed by atoms with van der Waals surface area (Å²) in [5, 5.41) is 0. The van der Waals surface area contributed by atoms with Crippen LogP contribution in [0.25, 0.3) is 0 Å². The molecule has 0 spiro atoms. The average molecular weight is 240 g/mol. The van der Waals surface area contributed by atoms with Crippen LogP contribution in [0.1, 0.15) is 6.92 Å².